The number of rotatable bonds is 3. The van der Waals surface area contributed by atoms with Gasteiger partial charge in [-0.2, -0.15) is 4.98 Å². The molecule has 4 N–H and O–H groups in total. The maximum atomic E-state index is 5.38. The molecule has 0 spiro atoms. The van der Waals surface area contributed by atoms with Crippen molar-refractivity contribution in [2.24, 2.45) is 11.8 Å². The summed E-state index contributed by atoms with van der Waals surface area (Å²) in [7, 11) is 0. The molecule has 90 valence electrons. The average Bonchev–Trinajstić information content (AvgIpc) is 2.74. The van der Waals surface area contributed by atoms with Crippen LogP contribution in [-0.4, -0.2) is 16.0 Å². The third-order valence-corrected chi connectivity index (χ3v) is 3.98. The summed E-state index contributed by atoms with van der Waals surface area (Å²) in [6.45, 7) is 2.27. The highest BCUT2D eigenvalue weighted by Gasteiger charge is 2.26. The van der Waals surface area contributed by atoms with Crippen LogP contribution >= 0.6 is 11.3 Å². The van der Waals surface area contributed by atoms with E-state index in [1.54, 1.807) is 11.3 Å². The summed E-state index contributed by atoms with van der Waals surface area (Å²) in [5.41, 5.74) is 2.51. The van der Waals surface area contributed by atoms with Crippen LogP contribution in [0.15, 0.2) is 11.4 Å². The predicted octanol–water partition coefficient (Wildman–Crippen LogP) is 2.19. The molecule has 0 atom stereocenters. The van der Waals surface area contributed by atoms with Crippen molar-refractivity contribution in [1.29, 1.82) is 0 Å². The molecule has 0 amide bonds. The van der Waals surface area contributed by atoms with Crippen molar-refractivity contribution in [3.05, 3.63) is 11.4 Å². The van der Waals surface area contributed by atoms with Gasteiger partial charge in [-0.1, -0.05) is 6.92 Å². The minimum absolute atomic E-state index is 0.467. The molecule has 3 rings (SSSR count). The molecule has 0 bridgehead atoms. The molecule has 17 heavy (non-hydrogen) atoms. The van der Waals surface area contributed by atoms with Gasteiger partial charge in [0.1, 0.15) is 10.6 Å². The molecule has 1 fully saturated rings. The van der Waals surface area contributed by atoms with Crippen LogP contribution in [0.5, 0.6) is 0 Å². The molecule has 5 nitrogen and oxygen atoms in total. The van der Waals surface area contributed by atoms with E-state index in [1.807, 2.05) is 11.4 Å². The normalized spacial score (nSPS) is 23.4. The Hall–Kier alpha value is -1.40. The number of nitrogens with zero attached hydrogens (tertiary/aromatic N) is 2. The van der Waals surface area contributed by atoms with E-state index in [4.69, 9.17) is 5.84 Å². The van der Waals surface area contributed by atoms with Crippen molar-refractivity contribution in [2.45, 2.75) is 25.8 Å². The number of anilines is 2. The number of nitrogen functional groups attached to an aromatic ring is 1. The number of nitrogens with one attached hydrogen (secondary N) is 2. The van der Waals surface area contributed by atoms with E-state index in [1.165, 1.54) is 12.8 Å². The van der Waals surface area contributed by atoms with Gasteiger partial charge in [0.25, 0.3) is 0 Å². The molecule has 0 aromatic carbocycles. The van der Waals surface area contributed by atoms with E-state index in [0.717, 1.165) is 22.0 Å². The molecule has 1 aliphatic rings. The first-order valence-corrected chi connectivity index (χ1v) is 6.62. The Morgan fingerprint density at radius 1 is 1.41 bits per heavy atom. The Labute approximate surface area is 103 Å². The van der Waals surface area contributed by atoms with Crippen LogP contribution in [0, 0.1) is 5.92 Å². The molecule has 0 aliphatic heterocycles. The molecule has 2 aromatic heterocycles. The Balaban J connectivity index is 1.93. The van der Waals surface area contributed by atoms with Gasteiger partial charge in [0, 0.05) is 6.04 Å². The smallest absolute Gasteiger partial charge is 0.240 e. The van der Waals surface area contributed by atoms with Crippen molar-refractivity contribution < 1.29 is 0 Å². The molecule has 1 aliphatic carbocycles. The highest BCUT2D eigenvalue weighted by molar-refractivity contribution is 7.16. The van der Waals surface area contributed by atoms with Crippen LogP contribution in [0.4, 0.5) is 11.8 Å². The lowest BCUT2D eigenvalue weighted by molar-refractivity contribution is 0.309. The van der Waals surface area contributed by atoms with Gasteiger partial charge in [0.2, 0.25) is 5.95 Å². The van der Waals surface area contributed by atoms with Gasteiger partial charge >= 0.3 is 0 Å². The largest absolute Gasteiger partial charge is 0.367 e. The summed E-state index contributed by atoms with van der Waals surface area (Å²) in [4.78, 5) is 9.66. The van der Waals surface area contributed by atoms with Gasteiger partial charge in [0.15, 0.2) is 0 Å². The first kappa shape index (κ1) is 10.7. The van der Waals surface area contributed by atoms with Crippen LogP contribution in [0.1, 0.15) is 19.8 Å². The van der Waals surface area contributed by atoms with Crippen LogP contribution in [0.2, 0.25) is 0 Å². The number of aromatic nitrogens is 2. The summed E-state index contributed by atoms with van der Waals surface area (Å²) in [6.07, 6.45) is 2.42. The molecule has 1 saturated carbocycles. The van der Waals surface area contributed by atoms with Gasteiger partial charge in [-0.3, -0.25) is 5.43 Å². The standard InChI is InChI=1S/C11H15N5S/c1-6-4-7(5-6)13-9-8-2-3-17-10(8)15-11(14-9)16-12/h2-3,6-7H,4-5,12H2,1H3,(H2,13,14,15,16). The number of nitrogens with two attached hydrogens (primary N) is 1. The Morgan fingerprint density at radius 2 is 2.24 bits per heavy atom. The van der Waals surface area contributed by atoms with Gasteiger partial charge in [-0.25, -0.2) is 10.8 Å². The second-order valence-electron chi connectivity index (χ2n) is 4.60. The summed E-state index contributed by atoms with van der Waals surface area (Å²) in [5, 5.41) is 6.57. The lowest BCUT2D eigenvalue weighted by atomic mass is 9.82. The highest BCUT2D eigenvalue weighted by atomic mass is 32.1. The first-order valence-electron chi connectivity index (χ1n) is 5.74. The van der Waals surface area contributed by atoms with Gasteiger partial charge in [-0.15, -0.1) is 11.3 Å². The van der Waals surface area contributed by atoms with Crippen molar-refractivity contribution in [3.8, 4) is 0 Å². The highest BCUT2D eigenvalue weighted by Crippen LogP contribution is 2.32. The van der Waals surface area contributed by atoms with Crippen LogP contribution in [-0.2, 0) is 0 Å². The predicted molar refractivity (Wildman–Crippen MR) is 71.0 cm³/mol. The van der Waals surface area contributed by atoms with Crippen molar-refractivity contribution in [1.82, 2.24) is 9.97 Å². The topological polar surface area (TPSA) is 75.9 Å². The van der Waals surface area contributed by atoms with Crippen molar-refractivity contribution in [2.75, 3.05) is 10.7 Å². The fraction of sp³-hybridized carbons (Fsp3) is 0.455. The summed E-state index contributed by atoms with van der Waals surface area (Å²) >= 11 is 1.60. The fourth-order valence-electron chi connectivity index (χ4n) is 2.24. The van der Waals surface area contributed by atoms with Crippen LogP contribution < -0.4 is 16.6 Å². The SMILES string of the molecule is CC1CC(Nc2nc(NN)nc3sccc23)C1. The van der Waals surface area contributed by atoms with Crippen molar-refractivity contribution >= 4 is 33.3 Å². The van der Waals surface area contributed by atoms with Gasteiger partial charge < -0.3 is 5.32 Å². The first-order chi connectivity index (χ1) is 8.26. The summed E-state index contributed by atoms with van der Waals surface area (Å²) < 4.78 is 0. The summed E-state index contributed by atoms with van der Waals surface area (Å²) in [6, 6.07) is 2.58. The minimum Gasteiger partial charge on any atom is -0.367 e. The van der Waals surface area contributed by atoms with E-state index >= 15 is 0 Å². The second kappa shape index (κ2) is 4.12. The maximum Gasteiger partial charge on any atom is 0.240 e. The second-order valence-corrected chi connectivity index (χ2v) is 5.49. The molecular weight excluding hydrogens is 234 g/mol. The van der Waals surface area contributed by atoms with E-state index in [-0.39, 0.29) is 0 Å². The lowest BCUT2D eigenvalue weighted by Gasteiger charge is -2.33. The van der Waals surface area contributed by atoms with E-state index < -0.39 is 0 Å². The lowest BCUT2D eigenvalue weighted by Crippen LogP contribution is -2.34. The van der Waals surface area contributed by atoms with Gasteiger partial charge in [0.05, 0.1) is 5.39 Å². The molecule has 0 radical (unpaired) electrons. The zero-order chi connectivity index (χ0) is 11.8. The van der Waals surface area contributed by atoms with Crippen molar-refractivity contribution in [3.63, 3.8) is 0 Å². The zero-order valence-electron chi connectivity index (χ0n) is 9.60. The molecule has 2 aromatic rings. The number of hydrazine groups is 1. The Bertz CT molecular complexity index is 532. The average molecular weight is 249 g/mol. The minimum atomic E-state index is 0.467. The third kappa shape index (κ3) is 1.94. The zero-order valence-corrected chi connectivity index (χ0v) is 10.4. The molecule has 0 saturated heterocycles. The monoisotopic (exact) mass is 249 g/mol. The van der Waals surface area contributed by atoms with E-state index in [0.29, 0.717) is 12.0 Å². The quantitative estimate of drug-likeness (QED) is 0.574. The number of fused-ring (bicyclic) bond motifs is 1. The Kier molecular flexibility index (Phi) is 2.60. The van der Waals surface area contributed by atoms with E-state index in [9.17, 15) is 0 Å². The van der Waals surface area contributed by atoms with E-state index in [2.05, 4.69) is 27.6 Å². The number of hydrogen-bond donors (Lipinski definition) is 3. The number of thiophene rings is 1. The van der Waals surface area contributed by atoms with Crippen LogP contribution in [0.3, 0.4) is 0 Å². The maximum absolute atomic E-state index is 5.38. The Morgan fingerprint density at radius 3 is 2.94 bits per heavy atom. The van der Waals surface area contributed by atoms with Gasteiger partial charge in [-0.05, 0) is 30.2 Å². The van der Waals surface area contributed by atoms with Crippen LogP contribution in [0.25, 0.3) is 10.2 Å². The third-order valence-electron chi connectivity index (χ3n) is 3.17. The fourth-order valence-corrected chi connectivity index (χ4v) is 3.01. The molecule has 6 heteroatoms. The number of hydrogen-bond acceptors (Lipinski definition) is 6. The molecule has 2 heterocycles. The molecule has 0 unspecified atom stereocenters. The summed E-state index contributed by atoms with van der Waals surface area (Å²) in [5.74, 6) is 7.56. The molecular formula is C11H15N5S.